The van der Waals surface area contributed by atoms with Gasteiger partial charge in [-0.05, 0) is 31.2 Å². The summed E-state index contributed by atoms with van der Waals surface area (Å²) < 4.78 is 0. The van der Waals surface area contributed by atoms with Crippen LogP contribution in [-0.2, 0) is 16.2 Å². The lowest BCUT2D eigenvalue weighted by atomic mass is 9.86. The first-order valence-electron chi connectivity index (χ1n) is 6.47. The number of nitrogens with one attached hydrogen (secondary N) is 1. The molecule has 1 aliphatic carbocycles. The quantitative estimate of drug-likeness (QED) is 0.798. The van der Waals surface area contributed by atoms with E-state index in [2.05, 4.69) is 5.48 Å². The van der Waals surface area contributed by atoms with Crippen LogP contribution in [0.3, 0.4) is 0 Å². The lowest BCUT2D eigenvalue weighted by Gasteiger charge is -2.24. The molecule has 0 radical (unpaired) electrons. The standard InChI is InChI=1S/C14H20N2O2/c15-13-8-6-12(7-9-13)14(17)16-18-10-11-4-2-1-3-5-11/h1-5,12-13H,6-10,15H2,(H,16,17). The van der Waals surface area contributed by atoms with E-state index in [1.807, 2.05) is 30.3 Å². The molecule has 1 fully saturated rings. The molecule has 1 aromatic rings. The minimum Gasteiger partial charge on any atom is -0.328 e. The molecule has 1 saturated carbocycles. The SMILES string of the molecule is NC1CCC(C(=O)NOCc2ccccc2)CC1. The number of hydrogen-bond donors (Lipinski definition) is 2. The number of carbonyl (C=O) groups excluding carboxylic acids is 1. The molecule has 1 aromatic carbocycles. The van der Waals surface area contributed by atoms with Crippen molar-refractivity contribution in [2.45, 2.75) is 38.3 Å². The normalized spacial score (nSPS) is 23.6. The zero-order valence-electron chi connectivity index (χ0n) is 10.5. The molecule has 1 amide bonds. The van der Waals surface area contributed by atoms with Crippen LogP contribution in [0.25, 0.3) is 0 Å². The minimum atomic E-state index is -0.0159. The smallest absolute Gasteiger partial charge is 0.246 e. The van der Waals surface area contributed by atoms with Gasteiger partial charge in [0.15, 0.2) is 0 Å². The van der Waals surface area contributed by atoms with E-state index in [-0.39, 0.29) is 17.9 Å². The number of carbonyl (C=O) groups is 1. The Bertz CT molecular complexity index is 373. The molecule has 0 bridgehead atoms. The van der Waals surface area contributed by atoms with Crippen LogP contribution in [0, 0.1) is 5.92 Å². The van der Waals surface area contributed by atoms with Crippen LogP contribution in [-0.4, -0.2) is 11.9 Å². The molecule has 0 aromatic heterocycles. The Kier molecular flexibility index (Phi) is 4.73. The number of hydrogen-bond acceptors (Lipinski definition) is 3. The lowest BCUT2D eigenvalue weighted by molar-refractivity contribution is -0.139. The number of hydroxylamine groups is 1. The summed E-state index contributed by atoms with van der Waals surface area (Å²) in [6.07, 6.45) is 3.58. The summed E-state index contributed by atoms with van der Waals surface area (Å²) in [5.74, 6) is 0.0402. The van der Waals surface area contributed by atoms with Crippen LogP contribution in [0.15, 0.2) is 30.3 Å². The Morgan fingerprint density at radius 3 is 2.56 bits per heavy atom. The maximum Gasteiger partial charge on any atom is 0.246 e. The highest BCUT2D eigenvalue weighted by molar-refractivity contribution is 5.77. The summed E-state index contributed by atoms with van der Waals surface area (Å²) in [4.78, 5) is 17.0. The fourth-order valence-electron chi connectivity index (χ4n) is 2.23. The van der Waals surface area contributed by atoms with E-state index in [4.69, 9.17) is 10.6 Å². The average Bonchev–Trinajstić information content (AvgIpc) is 2.40. The van der Waals surface area contributed by atoms with Gasteiger partial charge >= 0.3 is 0 Å². The third kappa shape index (κ3) is 3.82. The molecule has 1 aliphatic rings. The summed E-state index contributed by atoms with van der Waals surface area (Å²) in [6, 6.07) is 10.0. The molecule has 3 N–H and O–H groups in total. The molecule has 98 valence electrons. The predicted octanol–water partition coefficient (Wildman–Crippen LogP) is 1.75. The van der Waals surface area contributed by atoms with Gasteiger partial charge in [-0.2, -0.15) is 0 Å². The summed E-state index contributed by atoms with van der Waals surface area (Å²) in [6.45, 7) is 0.402. The van der Waals surface area contributed by atoms with Crippen LogP contribution in [0.1, 0.15) is 31.2 Å². The summed E-state index contributed by atoms with van der Waals surface area (Å²) >= 11 is 0. The minimum absolute atomic E-state index is 0.0159. The maximum atomic E-state index is 11.8. The monoisotopic (exact) mass is 248 g/mol. The van der Waals surface area contributed by atoms with Gasteiger partial charge in [-0.1, -0.05) is 30.3 Å². The molecule has 4 heteroatoms. The Labute approximate surface area is 107 Å². The van der Waals surface area contributed by atoms with Gasteiger partial charge in [-0.25, -0.2) is 5.48 Å². The van der Waals surface area contributed by atoms with E-state index in [1.165, 1.54) is 0 Å². The van der Waals surface area contributed by atoms with Gasteiger partial charge in [0.1, 0.15) is 0 Å². The van der Waals surface area contributed by atoms with E-state index in [0.29, 0.717) is 6.61 Å². The van der Waals surface area contributed by atoms with Crippen LogP contribution < -0.4 is 11.2 Å². The Morgan fingerprint density at radius 2 is 1.89 bits per heavy atom. The van der Waals surface area contributed by atoms with Crippen molar-refractivity contribution in [3.05, 3.63) is 35.9 Å². The molecule has 0 atom stereocenters. The number of benzene rings is 1. The number of rotatable bonds is 4. The first kappa shape index (κ1) is 13.1. The molecule has 2 rings (SSSR count). The molecule has 0 saturated heterocycles. The zero-order chi connectivity index (χ0) is 12.8. The van der Waals surface area contributed by atoms with Crippen LogP contribution >= 0.6 is 0 Å². The van der Waals surface area contributed by atoms with Crippen LogP contribution in [0.2, 0.25) is 0 Å². The topological polar surface area (TPSA) is 64.4 Å². The summed E-state index contributed by atoms with van der Waals surface area (Å²) in [5, 5.41) is 0. The van der Waals surface area contributed by atoms with Crippen LogP contribution in [0.4, 0.5) is 0 Å². The van der Waals surface area contributed by atoms with Crippen molar-refractivity contribution in [1.82, 2.24) is 5.48 Å². The third-order valence-corrected chi connectivity index (χ3v) is 3.40. The molecule has 0 unspecified atom stereocenters. The second-order valence-electron chi connectivity index (χ2n) is 4.85. The van der Waals surface area contributed by atoms with E-state index in [9.17, 15) is 4.79 Å². The summed E-state index contributed by atoms with van der Waals surface area (Å²) in [7, 11) is 0. The second-order valence-corrected chi connectivity index (χ2v) is 4.85. The van der Waals surface area contributed by atoms with Crippen LogP contribution in [0.5, 0.6) is 0 Å². The van der Waals surface area contributed by atoms with Gasteiger partial charge in [0.05, 0.1) is 6.61 Å². The van der Waals surface area contributed by atoms with Crippen molar-refractivity contribution >= 4 is 5.91 Å². The van der Waals surface area contributed by atoms with Gasteiger partial charge in [0, 0.05) is 12.0 Å². The molecule has 0 spiro atoms. The molecular formula is C14H20N2O2. The van der Waals surface area contributed by atoms with Crippen molar-refractivity contribution in [1.29, 1.82) is 0 Å². The molecule has 0 heterocycles. The summed E-state index contributed by atoms with van der Waals surface area (Å²) in [5.41, 5.74) is 9.39. The number of amides is 1. The zero-order valence-corrected chi connectivity index (χ0v) is 10.5. The van der Waals surface area contributed by atoms with Gasteiger partial charge < -0.3 is 5.73 Å². The Hall–Kier alpha value is -1.39. The molecular weight excluding hydrogens is 228 g/mol. The van der Waals surface area contributed by atoms with Gasteiger partial charge in [-0.15, -0.1) is 0 Å². The lowest BCUT2D eigenvalue weighted by Crippen LogP contribution is -2.36. The van der Waals surface area contributed by atoms with E-state index in [1.54, 1.807) is 0 Å². The van der Waals surface area contributed by atoms with E-state index < -0.39 is 0 Å². The highest BCUT2D eigenvalue weighted by atomic mass is 16.6. The van der Waals surface area contributed by atoms with Crippen molar-refractivity contribution in [2.24, 2.45) is 11.7 Å². The predicted molar refractivity (Wildman–Crippen MR) is 69.3 cm³/mol. The average molecular weight is 248 g/mol. The van der Waals surface area contributed by atoms with Crippen molar-refractivity contribution in [2.75, 3.05) is 0 Å². The number of nitrogens with two attached hydrogens (primary N) is 1. The van der Waals surface area contributed by atoms with Crippen molar-refractivity contribution < 1.29 is 9.63 Å². The molecule has 4 nitrogen and oxygen atoms in total. The highest BCUT2D eigenvalue weighted by Gasteiger charge is 2.24. The van der Waals surface area contributed by atoms with E-state index >= 15 is 0 Å². The maximum absolute atomic E-state index is 11.8. The first-order chi connectivity index (χ1) is 8.75. The van der Waals surface area contributed by atoms with Crippen molar-refractivity contribution in [3.63, 3.8) is 0 Å². The fraction of sp³-hybridized carbons (Fsp3) is 0.500. The van der Waals surface area contributed by atoms with Crippen molar-refractivity contribution in [3.8, 4) is 0 Å². The Morgan fingerprint density at radius 1 is 1.22 bits per heavy atom. The fourth-order valence-corrected chi connectivity index (χ4v) is 2.23. The van der Waals surface area contributed by atoms with Gasteiger partial charge in [0.2, 0.25) is 5.91 Å². The highest BCUT2D eigenvalue weighted by Crippen LogP contribution is 2.23. The van der Waals surface area contributed by atoms with E-state index in [0.717, 1.165) is 31.2 Å². The third-order valence-electron chi connectivity index (χ3n) is 3.40. The molecule has 18 heavy (non-hydrogen) atoms. The Balaban J connectivity index is 1.69. The first-order valence-corrected chi connectivity index (χ1v) is 6.47. The molecule has 0 aliphatic heterocycles. The largest absolute Gasteiger partial charge is 0.328 e. The van der Waals surface area contributed by atoms with Gasteiger partial charge in [-0.3, -0.25) is 9.63 Å². The van der Waals surface area contributed by atoms with Gasteiger partial charge in [0.25, 0.3) is 0 Å². The second kappa shape index (κ2) is 6.52.